The second kappa shape index (κ2) is 6.03. The molecule has 0 radical (unpaired) electrons. The molecule has 9 heteroatoms. The fraction of sp³-hybridized carbons (Fsp3) is 0. The van der Waals surface area contributed by atoms with Crippen molar-refractivity contribution in [3.63, 3.8) is 0 Å². The Bertz CT molecular complexity index is 1110. The number of hydrogen-bond donors (Lipinski definition) is 2. The molecule has 0 atom stereocenters. The highest BCUT2D eigenvalue weighted by molar-refractivity contribution is 5.97. The van der Waals surface area contributed by atoms with Crippen LogP contribution in [0.5, 0.6) is 11.5 Å². The number of nitrogens with zero attached hydrogens (tertiary/aromatic N) is 3. The summed E-state index contributed by atoms with van der Waals surface area (Å²) in [4.78, 5) is 7.81. The third-order valence-corrected chi connectivity index (χ3v) is 3.73. The van der Waals surface area contributed by atoms with Gasteiger partial charge in [0.2, 0.25) is 0 Å². The van der Waals surface area contributed by atoms with Gasteiger partial charge in [0.15, 0.2) is 23.0 Å². The summed E-state index contributed by atoms with van der Waals surface area (Å²) in [5, 5.41) is 7.00. The Morgan fingerprint density at radius 3 is 2.46 bits per heavy atom. The number of fused-ring (bicyclic) bond motifs is 1. The minimum absolute atomic E-state index is 0.0664. The van der Waals surface area contributed by atoms with Crippen molar-refractivity contribution in [3.8, 4) is 22.8 Å². The lowest BCUT2D eigenvalue weighted by atomic mass is 10.1. The van der Waals surface area contributed by atoms with Gasteiger partial charge in [-0.2, -0.15) is 5.10 Å². The molecule has 3 N–H and O–H groups in total. The number of nitrogen functional groups attached to an aromatic ring is 1. The van der Waals surface area contributed by atoms with E-state index < -0.39 is 23.2 Å². The highest BCUT2D eigenvalue weighted by Crippen LogP contribution is 2.34. The van der Waals surface area contributed by atoms with E-state index >= 15 is 0 Å². The zero-order valence-electron chi connectivity index (χ0n) is 13.0. The second-order valence-corrected chi connectivity index (χ2v) is 5.35. The molecule has 2 heterocycles. The van der Waals surface area contributed by atoms with Crippen LogP contribution in [0.25, 0.3) is 22.3 Å². The Morgan fingerprint density at radius 1 is 0.962 bits per heavy atom. The van der Waals surface area contributed by atoms with Gasteiger partial charge in [0, 0.05) is 11.6 Å². The first-order valence-corrected chi connectivity index (χ1v) is 7.41. The number of nitrogens with two attached hydrogens (primary N) is 1. The van der Waals surface area contributed by atoms with Gasteiger partial charge in [0.1, 0.15) is 23.7 Å². The molecule has 6 nitrogen and oxygen atoms in total. The largest absolute Gasteiger partial charge is 0.451 e. The quantitative estimate of drug-likeness (QED) is 0.582. The monoisotopic (exact) mass is 357 g/mol. The van der Waals surface area contributed by atoms with Gasteiger partial charge in [-0.15, -0.1) is 0 Å². The van der Waals surface area contributed by atoms with Gasteiger partial charge >= 0.3 is 0 Å². The average Bonchev–Trinajstić information content (AvgIpc) is 3.04. The predicted octanol–water partition coefficient (Wildman–Crippen LogP) is 3.81. The van der Waals surface area contributed by atoms with Gasteiger partial charge < -0.3 is 10.5 Å². The van der Waals surface area contributed by atoms with Gasteiger partial charge in [-0.05, 0) is 24.3 Å². The number of anilines is 1. The van der Waals surface area contributed by atoms with Crippen LogP contribution in [-0.4, -0.2) is 20.2 Å². The number of rotatable bonds is 3. The molecule has 130 valence electrons. The summed E-state index contributed by atoms with van der Waals surface area (Å²) < 4.78 is 47.0. The topological polar surface area (TPSA) is 89.7 Å². The van der Waals surface area contributed by atoms with Crippen LogP contribution >= 0.6 is 0 Å². The fourth-order valence-corrected chi connectivity index (χ4v) is 2.53. The van der Waals surface area contributed by atoms with Crippen molar-refractivity contribution in [3.05, 3.63) is 60.2 Å². The van der Waals surface area contributed by atoms with Crippen molar-refractivity contribution >= 4 is 16.9 Å². The summed E-state index contributed by atoms with van der Waals surface area (Å²) in [6.07, 6.45) is 1.25. The standard InChI is InChI=1S/C17H10F3N5O/c18-10-2-1-3-11(19)15(10)26-8-4-5-9(12(20)6-8)14-13-16(21)22-7-23-17(13)25-24-14/h1-7H,(H3,21,22,23,24,25). The number of para-hydroxylation sites is 1. The summed E-state index contributed by atoms with van der Waals surface area (Å²) in [6, 6.07) is 7.05. The highest BCUT2D eigenvalue weighted by Gasteiger charge is 2.17. The fourth-order valence-electron chi connectivity index (χ4n) is 2.53. The molecule has 0 aliphatic carbocycles. The number of aromatic amines is 1. The Hall–Kier alpha value is -3.62. The van der Waals surface area contributed by atoms with Crippen molar-refractivity contribution in [1.82, 2.24) is 20.2 Å². The molecule has 0 aliphatic heterocycles. The molecular formula is C17H10F3N5O. The Kier molecular flexibility index (Phi) is 3.68. The Morgan fingerprint density at radius 2 is 1.73 bits per heavy atom. The van der Waals surface area contributed by atoms with E-state index in [4.69, 9.17) is 10.5 Å². The molecule has 0 bridgehead atoms. The Balaban J connectivity index is 1.75. The van der Waals surface area contributed by atoms with E-state index in [2.05, 4.69) is 20.2 Å². The first-order valence-electron chi connectivity index (χ1n) is 7.41. The minimum Gasteiger partial charge on any atom is -0.451 e. The zero-order chi connectivity index (χ0) is 18.3. The van der Waals surface area contributed by atoms with Gasteiger partial charge in [-0.3, -0.25) is 5.10 Å². The second-order valence-electron chi connectivity index (χ2n) is 5.35. The maximum Gasteiger partial charge on any atom is 0.198 e. The Labute approximate surface area is 144 Å². The molecule has 4 aromatic rings. The van der Waals surface area contributed by atoms with E-state index in [9.17, 15) is 13.2 Å². The number of halogens is 3. The van der Waals surface area contributed by atoms with Gasteiger partial charge in [-0.1, -0.05) is 6.07 Å². The summed E-state index contributed by atoms with van der Waals surface area (Å²) in [7, 11) is 0. The number of nitrogens with one attached hydrogen (secondary N) is 1. The third kappa shape index (κ3) is 2.59. The molecule has 2 aromatic carbocycles. The molecule has 2 aromatic heterocycles. The van der Waals surface area contributed by atoms with Crippen molar-refractivity contribution in [1.29, 1.82) is 0 Å². The zero-order valence-corrected chi connectivity index (χ0v) is 13.0. The van der Waals surface area contributed by atoms with Crippen molar-refractivity contribution in [2.45, 2.75) is 0 Å². The normalized spacial score (nSPS) is 11.0. The molecule has 0 fully saturated rings. The van der Waals surface area contributed by atoms with E-state index in [0.29, 0.717) is 16.7 Å². The summed E-state index contributed by atoms with van der Waals surface area (Å²) in [6.45, 7) is 0. The van der Waals surface area contributed by atoms with Gasteiger partial charge in [0.05, 0.1) is 11.1 Å². The molecule has 0 unspecified atom stereocenters. The van der Waals surface area contributed by atoms with Crippen molar-refractivity contribution < 1.29 is 17.9 Å². The molecule has 0 amide bonds. The van der Waals surface area contributed by atoms with Crippen LogP contribution in [-0.2, 0) is 0 Å². The molecule has 4 rings (SSSR count). The maximum atomic E-state index is 14.6. The number of aromatic nitrogens is 4. The number of H-pyrrole nitrogens is 1. The lowest BCUT2D eigenvalue weighted by Gasteiger charge is -2.09. The maximum absolute atomic E-state index is 14.6. The molecule has 0 spiro atoms. The van der Waals surface area contributed by atoms with Crippen molar-refractivity contribution in [2.75, 3.05) is 5.73 Å². The van der Waals surface area contributed by atoms with Crippen LogP contribution in [0.15, 0.2) is 42.7 Å². The van der Waals surface area contributed by atoms with E-state index in [1.54, 1.807) is 0 Å². The third-order valence-electron chi connectivity index (χ3n) is 3.73. The van der Waals surface area contributed by atoms with Crippen LogP contribution in [0.3, 0.4) is 0 Å². The number of ether oxygens (including phenoxy) is 1. The molecule has 0 aliphatic rings. The average molecular weight is 357 g/mol. The summed E-state index contributed by atoms with van der Waals surface area (Å²) in [5.74, 6) is -3.01. The lowest BCUT2D eigenvalue weighted by molar-refractivity contribution is 0.405. The smallest absolute Gasteiger partial charge is 0.198 e. The number of benzene rings is 2. The van der Waals surface area contributed by atoms with Gasteiger partial charge in [0.25, 0.3) is 0 Å². The molecule has 0 saturated heterocycles. The van der Waals surface area contributed by atoms with Crippen LogP contribution in [0.2, 0.25) is 0 Å². The van der Waals surface area contributed by atoms with Crippen LogP contribution in [0.4, 0.5) is 19.0 Å². The van der Waals surface area contributed by atoms with E-state index in [1.165, 1.54) is 24.5 Å². The predicted molar refractivity (Wildman–Crippen MR) is 87.9 cm³/mol. The van der Waals surface area contributed by atoms with E-state index in [1.807, 2.05) is 0 Å². The number of hydrogen-bond acceptors (Lipinski definition) is 5. The lowest BCUT2D eigenvalue weighted by Crippen LogP contribution is -1.95. The first-order chi connectivity index (χ1) is 12.5. The van der Waals surface area contributed by atoms with Crippen LogP contribution in [0, 0.1) is 17.5 Å². The molecule has 0 saturated carbocycles. The van der Waals surface area contributed by atoms with Crippen molar-refractivity contribution in [2.24, 2.45) is 0 Å². The van der Waals surface area contributed by atoms with E-state index in [0.717, 1.165) is 18.2 Å². The van der Waals surface area contributed by atoms with Crippen LogP contribution in [0.1, 0.15) is 0 Å². The molecular weight excluding hydrogens is 347 g/mol. The summed E-state index contributed by atoms with van der Waals surface area (Å²) >= 11 is 0. The minimum atomic E-state index is -0.890. The first kappa shape index (κ1) is 15.9. The van der Waals surface area contributed by atoms with E-state index in [-0.39, 0.29) is 17.1 Å². The molecule has 26 heavy (non-hydrogen) atoms. The summed E-state index contributed by atoms with van der Waals surface area (Å²) in [5.41, 5.74) is 6.53. The highest BCUT2D eigenvalue weighted by atomic mass is 19.1. The SMILES string of the molecule is Nc1ncnc2n[nH]c(-c3ccc(Oc4c(F)cccc4F)cc3F)c12. The van der Waals surface area contributed by atoms with Crippen LogP contribution < -0.4 is 10.5 Å². The van der Waals surface area contributed by atoms with Gasteiger partial charge in [-0.25, -0.2) is 23.1 Å².